The Bertz CT molecular complexity index is 760. The van der Waals surface area contributed by atoms with E-state index < -0.39 is 22.0 Å². The van der Waals surface area contributed by atoms with E-state index in [4.69, 9.17) is 4.42 Å². The molecule has 0 aliphatic carbocycles. The molecule has 1 aliphatic heterocycles. The van der Waals surface area contributed by atoms with Crippen LogP contribution in [0.2, 0.25) is 0 Å². The summed E-state index contributed by atoms with van der Waals surface area (Å²) in [4.78, 5) is 1.82. The standard InChI is InChI=1S/C16H18FNO4S/c17-13-4-1-3-12(7-13)8-18(9-14-5-2-6-22-14)15-10-23(20,21)11-16(15)19/h1-7,15-16,19H,8-11H2. The van der Waals surface area contributed by atoms with Gasteiger partial charge in [-0.15, -0.1) is 0 Å². The van der Waals surface area contributed by atoms with Crippen LogP contribution in [0.1, 0.15) is 11.3 Å². The molecular weight excluding hydrogens is 321 g/mol. The van der Waals surface area contributed by atoms with E-state index in [1.54, 1.807) is 24.3 Å². The zero-order chi connectivity index (χ0) is 16.4. The molecule has 5 nitrogen and oxygen atoms in total. The van der Waals surface area contributed by atoms with Crippen molar-refractivity contribution in [3.8, 4) is 0 Å². The first kappa shape index (κ1) is 16.2. The molecule has 23 heavy (non-hydrogen) atoms. The van der Waals surface area contributed by atoms with Crippen molar-refractivity contribution in [2.45, 2.75) is 25.2 Å². The number of aliphatic hydroxyl groups excluding tert-OH is 1. The highest BCUT2D eigenvalue weighted by Gasteiger charge is 2.40. The molecule has 0 spiro atoms. The molecule has 2 aromatic rings. The van der Waals surface area contributed by atoms with Crippen LogP contribution in [0.25, 0.3) is 0 Å². The van der Waals surface area contributed by atoms with Gasteiger partial charge in [-0.2, -0.15) is 0 Å². The molecule has 1 aromatic carbocycles. The van der Waals surface area contributed by atoms with Gasteiger partial charge in [-0.3, -0.25) is 4.90 Å². The van der Waals surface area contributed by atoms with Crippen molar-refractivity contribution in [2.24, 2.45) is 0 Å². The van der Waals surface area contributed by atoms with Crippen molar-refractivity contribution in [3.63, 3.8) is 0 Å². The minimum atomic E-state index is -3.27. The fourth-order valence-corrected chi connectivity index (χ4v) is 4.75. The number of benzene rings is 1. The average molecular weight is 339 g/mol. The van der Waals surface area contributed by atoms with Crippen LogP contribution in [0.4, 0.5) is 4.39 Å². The Morgan fingerprint density at radius 1 is 1.22 bits per heavy atom. The number of nitrogens with zero attached hydrogens (tertiary/aromatic N) is 1. The third-order valence-corrected chi connectivity index (χ3v) is 5.68. The monoisotopic (exact) mass is 339 g/mol. The SMILES string of the molecule is O=S1(=O)CC(O)C(N(Cc2cccc(F)c2)Cc2ccco2)C1. The fraction of sp³-hybridized carbons (Fsp3) is 0.375. The largest absolute Gasteiger partial charge is 0.468 e. The number of hydrogen-bond acceptors (Lipinski definition) is 5. The molecular formula is C16H18FNO4S. The summed E-state index contributed by atoms with van der Waals surface area (Å²) in [7, 11) is -3.27. The van der Waals surface area contributed by atoms with Crippen LogP contribution in [0.5, 0.6) is 0 Å². The van der Waals surface area contributed by atoms with E-state index in [1.807, 2.05) is 4.90 Å². The van der Waals surface area contributed by atoms with E-state index in [9.17, 15) is 17.9 Å². The molecule has 3 rings (SSSR count). The van der Waals surface area contributed by atoms with Crippen LogP contribution in [0, 0.1) is 5.82 Å². The lowest BCUT2D eigenvalue weighted by Gasteiger charge is -2.29. The molecule has 1 fully saturated rings. The molecule has 0 amide bonds. The van der Waals surface area contributed by atoms with E-state index in [1.165, 1.54) is 18.4 Å². The molecule has 124 valence electrons. The lowest BCUT2D eigenvalue weighted by molar-refractivity contribution is 0.0685. The van der Waals surface area contributed by atoms with E-state index in [2.05, 4.69) is 0 Å². The van der Waals surface area contributed by atoms with Crippen LogP contribution in [-0.2, 0) is 22.9 Å². The highest BCUT2D eigenvalue weighted by Crippen LogP contribution is 2.23. The maximum absolute atomic E-state index is 13.4. The van der Waals surface area contributed by atoms with Crippen molar-refractivity contribution in [2.75, 3.05) is 11.5 Å². The van der Waals surface area contributed by atoms with Gasteiger partial charge in [0.1, 0.15) is 11.6 Å². The zero-order valence-corrected chi connectivity index (χ0v) is 13.2. The number of aliphatic hydroxyl groups is 1. The number of furan rings is 1. The Labute approximate surface area is 134 Å². The third kappa shape index (κ3) is 3.99. The second-order valence-electron chi connectivity index (χ2n) is 5.83. The van der Waals surface area contributed by atoms with Crippen molar-refractivity contribution in [1.29, 1.82) is 0 Å². The molecule has 2 heterocycles. The molecule has 7 heteroatoms. The van der Waals surface area contributed by atoms with E-state index >= 15 is 0 Å². The first-order chi connectivity index (χ1) is 10.9. The van der Waals surface area contributed by atoms with Gasteiger partial charge in [0, 0.05) is 6.54 Å². The normalized spacial score (nSPS) is 23.4. The summed E-state index contributed by atoms with van der Waals surface area (Å²) < 4.78 is 42.3. The summed E-state index contributed by atoms with van der Waals surface area (Å²) in [6, 6.07) is 9.14. The topological polar surface area (TPSA) is 70.8 Å². The van der Waals surface area contributed by atoms with Gasteiger partial charge in [-0.1, -0.05) is 12.1 Å². The fourth-order valence-electron chi connectivity index (χ4n) is 2.92. The van der Waals surface area contributed by atoms with Crippen LogP contribution < -0.4 is 0 Å². The zero-order valence-electron chi connectivity index (χ0n) is 12.4. The second-order valence-corrected chi connectivity index (χ2v) is 7.98. The van der Waals surface area contributed by atoms with Crippen LogP contribution in [0.15, 0.2) is 47.1 Å². The minimum Gasteiger partial charge on any atom is -0.468 e. The van der Waals surface area contributed by atoms with Gasteiger partial charge >= 0.3 is 0 Å². The third-order valence-electron chi connectivity index (χ3n) is 3.98. The average Bonchev–Trinajstić information content (AvgIpc) is 3.05. The van der Waals surface area contributed by atoms with Gasteiger partial charge in [-0.25, -0.2) is 12.8 Å². The van der Waals surface area contributed by atoms with Gasteiger partial charge in [0.2, 0.25) is 0 Å². The molecule has 0 saturated carbocycles. The van der Waals surface area contributed by atoms with Crippen molar-refractivity contribution in [1.82, 2.24) is 4.90 Å². The molecule has 1 aromatic heterocycles. The Morgan fingerprint density at radius 2 is 2.04 bits per heavy atom. The van der Waals surface area contributed by atoms with Gasteiger partial charge in [0.25, 0.3) is 0 Å². The molecule has 1 aliphatic rings. The predicted molar refractivity (Wildman–Crippen MR) is 82.8 cm³/mol. The molecule has 0 radical (unpaired) electrons. The van der Waals surface area contributed by atoms with Crippen LogP contribution in [0.3, 0.4) is 0 Å². The maximum Gasteiger partial charge on any atom is 0.154 e. The number of rotatable bonds is 5. The van der Waals surface area contributed by atoms with E-state index in [-0.39, 0.29) is 17.3 Å². The predicted octanol–water partition coefficient (Wildman–Crippen LogP) is 1.58. The molecule has 1 N–H and O–H groups in total. The highest BCUT2D eigenvalue weighted by molar-refractivity contribution is 7.91. The summed E-state index contributed by atoms with van der Waals surface area (Å²) in [5, 5.41) is 10.1. The first-order valence-corrected chi connectivity index (χ1v) is 9.14. The molecule has 1 saturated heterocycles. The highest BCUT2D eigenvalue weighted by atomic mass is 32.2. The van der Waals surface area contributed by atoms with Gasteiger partial charge in [0.05, 0.1) is 36.5 Å². The van der Waals surface area contributed by atoms with E-state index in [0.29, 0.717) is 24.4 Å². The Hall–Kier alpha value is -1.70. The van der Waals surface area contributed by atoms with Crippen molar-refractivity contribution in [3.05, 3.63) is 59.8 Å². The summed E-state index contributed by atoms with van der Waals surface area (Å²) in [6.07, 6.45) is 0.584. The van der Waals surface area contributed by atoms with Crippen molar-refractivity contribution >= 4 is 9.84 Å². The quantitative estimate of drug-likeness (QED) is 0.895. The molecule has 2 unspecified atom stereocenters. The lowest BCUT2D eigenvalue weighted by Crippen LogP contribution is -2.42. The summed E-state index contributed by atoms with van der Waals surface area (Å²) in [5.41, 5.74) is 0.716. The number of halogens is 1. The Balaban J connectivity index is 1.84. The maximum atomic E-state index is 13.4. The van der Waals surface area contributed by atoms with Gasteiger partial charge in [0.15, 0.2) is 9.84 Å². The Morgan fingerprint density at radius 3 is 2.65 bits per heavy atom. The minimum absolute atomic E-state index is 0.107. The lowest BCUT2D eigenvalue weighted by atomic mass is 10.1. The van der Waals surface area contributed by atoms with Gasteiger partial charge in [-0.05, 0) is 29.8 Å². The molecule has 0 bridgehead atoms. The van der Waals surface area contributed by atoms with Crippen molar-refractivity contribution < 1.29 is 22.3 Å². The van der Waals surface area contributed by atoms with Crippen LogP contribution in [-0.4, -0.2) is 42.1 Å². The summed E-state index contributed by atoms with van der Waals surface area (Å²) in [6.45, 7) is 0.677. The summed E-state index contributed by atoms with van der Waals surface area (Å²) >= 11 is 0. The molecule has 2 atom stereocenters. The number of sulfone groups is 1. The van der Waals surface area contributed by atoms with Gasteiger partial charge < -0.3 is 9.52 Å². The second kappa shape index (κ2) is 6.43. The van der Waals surface area contributed by atoms with E-state index in [0.717, 1.165) is 0 Å². The Kier molecular flexibility index (Phi) is 4.52. The first-order valence-electron chi connectivity index (χ1n) is 7.32. The smallest absolute Gasteiger partial charge is 0.154 e. The van der Waals surface area contributed by atoms with Crippen LogP contribution >= 0.6 is 0 Å². The number of hydrogen-bond donors (Lipinski definition) is 1. The summed E-state index contributed by atoms with van der Waals surface area (Å²) in [5.74, 6) is -0.0300.